The molecule has 3 aromatic rings. The molecule has 0 bridgehead atoms. The molecule has 0 saturated carbocycles. The third kappa shape index (κ3) is 3.31. The molecule has 2 aliphatic heterocycles. The predicted molar refractivity (Wildman–Crippen MR) is 118 cm³/mol. The summed E-state index contributed by atoms with van der Waals surface area (Å²) in [4.78, 5) is 15.9. The molecular formula is C21H23N5O4S. The zero-order valence-corrected chi connectivity index (χ0v) is 17.9. The summed E-state index contributed by atoms with van der Waals surface area (Å²) in [7, 11) is -2.10. The van der Waals surface area contributed by atoms with Crippen molar-refractivity contribution in [2.75, 3.05) is 56.2 Å². The van der Waals surface area contributed by atoms with Gasteiger partial charge in [0.2, 0.25) is 0 Å². The maximum absolute atomic E-state index is 13.5. The molecule has 2 aromatic carbocycles. The minimum absolute atomic E-state index is 0.0657. The number of fused-ring (bicyclic) bond motifs is 2. The molecule has 162 valence electrons. The quantitative estimate of drug-likeness (QED) is 0.606. The molecule has 0 unspecified atom stereocenters. The molecular weight excluding hydrogens is 418 g/mol. The number of nitrogens with one attached hydrogen (secondary N) is 1. The molecule has 3 heterocycles. The summed E-state index contributed by atoms with van der Waals surface area (Å²) in [6, 6.07) is 10.3. The molecule has 0 amide bonds. The summed E-state index contributed by atoms with van der Waals surface area (Å²) in [6.45, 7) is 4.59. The van der Waals surface area contributed by atoms with Gasteiger partial charge in [0.25, 0.3) is 10.0 Å². The van der Waals surface area contributed by atoms with Crippen LogP contribution in [0, 0.1) is 0 Å². The fourth-order valence-electron chi connectivity index (χ4n) is 4.09. The predicted octanol–water partition coefficient (Wildman–Crippen LogP) is 1.32. The minimum atomic E-state index is -4.04. The average Bonchev–Trinajstić information content (AvgIpc) is 3.18. The van der Waals surface area contributed by atoms with Gasteiger partial charge in [-0.25, -0.2) is 0 Å². The largest absolute Gasteiger partial charge is 0.490 e. The summed E-state index contributed by atoms with van der Waals surface area (Å²) in [5.74, 6) is 0.517. The van der Waals surface area contributed by atoms with Gasteiger partial charge in [0.1, 0.15) is 18.1 Å². The number of aldehydes is 1. The number of benzene rings is 2. The molecule has 2 aliphatic rings. The monoisotopic (exact) mass is 441 g/mol. The molecule has 1 aromatic heterocycles. The van der Waals surface area contributed by atoms with Gasteiger partial charge in [-0.2, -0.15) is 17.6 Å². The van der Waals surface area contributed by atoms with E-state index in [0.717, 1.165) is 48.2 Å². The Balaban J connectivity index is 1.63. The molecule has 5 rings (SSSR count). The van der Waals surface area contributed by atoms with Crippen LogP contribution in [0.3, 0.4) is 0 Å². The van der Waals surface area contributed by atoms with Crippen LogP contribution in [-0.2, 0) is 10.0 Å². The van der Waals surface area contributed by atoms with E-state index < -0.39 is 10.0 Å². The first-order valence-electron chi connectivity index (χ1n) is 10.2. The van der Waals surface area contributed by atoms with Gasteiger partial charge in [-0.1, -0.05) is 0 Å². The number of anilines is 2. The fraction of sp³-hybridized carbons (Fsp3) is 0.333. The minimum Gasteiger partial charge on any atom is -0.490 e. The van der Waals surface area contributed by atoms with E-state index in [1.165, 1.54) is 6.07 Å². The van der Waals surface area contributed by atoms with E-state index in [9.17, 15) is 13.2 Å². The van der Waals surface area contributed by atoms with Crippen molar-refractivity contribution in [2.45, 2.75) is 4.90 Å². The van der Waals surface area contributed by atoms with Crippen molar-refractivity contribution >= 4 is 38.6 Å². The molecule has 9 nitrogen and oxygen atoms in total. The number of rotatable bonds is 4. The summed E-state index contributed by atoms with van der Waals surface area (Å²) < 4.78 is 33.7. The average molecular weight is 442 g/mol. The Morgan fingerprint density at radius 1 is 1.10 bits per heavy atom. The number of hydrogen-bond donors (Lipinski definition) is 1. The van der Waals surface area contributed by atoms with Crippen LogP contribution in [0.15, 0.2) is 41.3 Å². The highest BCUT2D eigenvalue weighted by atomic mass is 32.2. The first-order valence-corrected chi connectivity index (χ1v) is 11.6. The Kier molecular flexibility index (Phi) is 4.82. The van der Waals surface area contributed by atoms with Gasteiger partial charge in [-0.05, 0) is 30.3 Å². The summed E-state index contributed by atoms with van der Waals surface area (Å²) in [6.07, 6.45) is 0.587. The van der Waals surface area contributed by atoms with Gasteiger partial charge in [0.05, 0.1) is 22.6 Å². The van der Waals surface area contributed by atoms with Gasteiger partial charge in [-0.15, -0.1) is 0 Å². The van der Waals surface area contributed by atoms with Gasteiger partial charge in [-0.3, -0.25) is 4.79 Å². The van der Waals surface area contributed by atoms with Crippen molar-refractivity contribution in [2.24, 2.45) is 0 Å². The molecule has 31 heavy (non-hydrogen) atoms. The van der Waals surface area contributed by atoms with Crippen molar-refractivity contribution in [3.05, 3.63) is 42.1 Å². The van der Waals surface area contributed by atoms with Crippen LogP contribution in [0.5, 0.6) is 5.75 Å². The number of carbonyl (C=O) groups is 1. The summed E-state index contributed by atoms with van der Waals surface area (Å²) in [5, 5.41) is 7.96. The SMILES string of the molecule is CN1CCOc2cc(S(=O)(=O)n3nc(C=O)c4ccc(N5CCNCC5)cc43)ccc21. The third-order valence-electron chi connectivity index (χ3n) is 5.81. The van der Waals surface area contributed by atoms with E-state index in [1.807, 2.05) is 18.0 Å². The Labute approximate surface area is 180 Å². The lowest BCUT2D eigenvalue weighted by Crippen LogP contribution is -2.43. The number of hydrogen-bond acceptors (Lipinski definition) is 8. The fourth-order valence-corrected chi connectivity index (χ4v) is 5.39. The van der Waals surface area contributed by atoms with Crippen molar-refractivity contribution in [1.82, 2.24) is 14.5 Å². The molecule has 0 spiro atoms. The Morgan fingerprint density at radius 3 is 2.68 bits per heavy atom. The van der Waals surface area contributed by atoms with E-state index in [0.29, 0.717) is 29.5 Å². The molecule has 0 atom stereocenters. The van der Waals surface area contributed by atoms with Crippen molar-refractivity contribution < 1.29 is 17.9 Å². The molecule has 10 heteroatoms. The second-order valence-electron chi connectivity index (χ2n) is 7.69. The zero-order chi connectivity index (χ0) is 21.6. The van der Waals surface area contributed by atoms with Crippen LogP contribution in [0.1, 0.15) is 10.5 Å². The summed E-state index contributed by atoms with van der Waals surface area (Å²) >= 11 is 0. The lowest BCUT2D eigenvalue weighted by atomic mass is 10.2. The number of ether oxygens (including phenoxy) is 1. The number of likely N-dealkylation sites (N-methyl/N-ethyl adjacent to an activating group) is 1. The van der Waals surface area contributed by atoms with Crippen LogP contribution in [0.2, 0.25) is 0 Å². The zero-order valence-electron chi connectivity index (χ0n) is 17.1. The Bertz CT molecular complexity index is 1260. The number of carbonyl (C=O) groups excluding carboxylic acids is 1. The van der Waals surface area contributed by atoms with E-state index in [-0.39, 0.29) is 10.6 Å². The van der Waals surface area contributed by atoms with E-state index in [4.69, 9.17) is 4.74 Å². The van der Waals surface area contributed by atoms with Crippen LogP contribution >= 0.6 is 0 Å². The Morgan fingerprint density at radius 2 is 1.90 bits per heavy atom. The van der Waals surface area contributed by atoms with Crippen LogP contribution in [0.25, 0.3) is 10.9 Å². The third-order valence-corrected chi connectivity index (χ3v) is 7.39. The van der Waals surface area contributed by atoms with Gasteiger partial charge in [0, 0.05) is 50.4 Å². The lowest BCUT2D eigenvalue weighted by molar-refractivity contribution is 0.112. The smallest absolute Gasteiger partial charge is 0.283 e. The molecule has 0 aliphatic carbocycles. The number of nitrogens with zero attached hydrogens (tertiary/aromatic N) is 4. The van der Waals surface area contributed by atoms with E-state index in [2.05, 4.69) is 15.3 Å². The normalized spacial score (nSPS) is 16.8. The molecule has 1 fully saturated rings. The second kappa shape index (κ2) is 7.54. The first-order chi connectivity index (χ1) is 15.0. The van der Waals surface area contributed by atoms with Gasteiger partial charge < -0.3 is 19.9 Å². The van der Waals surface area contributed by atoms with Crippen LogP contribution in [0.4, 0.5) is 11.4 Å². The molecule has 0 radical (unpaired) electrons. The highest BCUT2D eigenvalue weighted by Gasteiger charge is 2.26. The second-order valence-corrected chi connectivity index (χ2v) is 9.46. The van der Waals surface area contributed by atoms with Gasteiger partial charge >= 0.3 is 0 Å². The highest BCUT2D eigenvalue weighted by molar-refractivity contribution is 7.90. The van der Waals surface area contributed by atoms with Gasteiger partial charge in [0.15, 0.2) is 6.29 Å². The standard InChI is InChI=1S/C21H23N5O4S/c1-24-10-11-30-21-13-16(3-5-19(21)24)31(28,29)26-20-12-15(25-8-6-22-7-9-25)2-4-17(20)18(14-27)23-26/h2-5,12-14,22H,6-11H2,1H3. The lowest BCUT2D eigenvalue weighted by Gasteiger charge is -2.29. The highest BCUT2D eigenvalue weighted by Crippen LogP contribution is 2.34. The molecule has 1 saturated heterocycles. The first kappa shape index (κ1) is 19.8. The number of aromatic nitrogens is 2. The summed E-state index contributed by atoms with van der Waals surface area (Å²) in [5.41, 5.74) is 2.22. The Hall–Kier alpha value is -3.11. The molecule has 1 N–H and O–H groups in total. The van der Waals surface area contributed by atoms with Crippen molar-refractivity contribution in [3.8, 4) is 5.75 Å². The van der Waals surface area contributed by atoms with Crippen molar-refractivity contribution in [3.63, 3.8) is 0 Å². The number of piperazine rings is 1. The van der Waals surface area contributed by atoms with E-state index in [1.54, 1.807) is 24.3 Å². The van der Waals surface area contributed by atoms with Crippen LogP contribution < -0.4 is 19.9 Å². The topological polar surface area (TPSA) is 96.8 Å². The maximum Gasteiger partial charge on any atom is 0.283 e. The van der Waals surface area contributed by atoms with E-state index >= 15 is 0 Å². The van der Waals surface area contributed by atoms with Crippen LogP contribution in [-0.4, -0.2) is 70.3 Å². The maximum atomic E-state index is 13.5. The van der Waals surface area contributed by atoms with Crippen molar-refractivity contribution in [1.29, 1.82) is 0 Å².